The van der Waals surface area contributed by atoms with Crippen LogP contribution in [-0.4, -0.2) is 43.8 Å². The van der Waals surface area contributed by atoms with Gasteiger partial charge in [0.05, 0.1) is 17.6 Å². The summed E-state index contributed by atoms with van der Waals surface area (Å²) in [5.41, 5.74) is 0.960. The molecule has 0 amide bonds. The first-order chi connectivity index (χ1) is 10.7. The summed E-state index contributed by atoms with van der Waals surface area (Å²) in [5.74, 6) is 0.656. The third-order valence-corrected chi connectivity index (χ3v) is 4.63. The lowest BCUT2D eigenvalue weighted by Gasteiger charge is -2.35. The normalized spacial score (nSPS) is 23.5. The van der Waals surface area contributed by atoms with Crippen molar-refractivity contribution in [2.24, 2.45) is 5.92 Å². The van der Waals surface area contributed by atoms with Gasteiger partial charge in [-0.25, -0.2) is 0 Å². The number of nitro groups is 1. The second-order valence-corrected chi connectivity index (χ2v) is 6.11. The lowest BCUT2D eigenvalue weighted by molar-refractivity contribution is -0.384. The Labute approximate surface area is 130 Å². The van der Waals surface area contributed by atoms with E-state index in [0.717, 1.165) is 57.7 Å². The van der Waals surface area contributed by atoms with Crippen molar-refractivity contribution in [1.29, 1.82) is 0 Å². The summed E-state index contributed by atoms with van der Waals surface area (Å²) in [4.78, 5) is 13.0. The predicted molar refractivity (Wildman–Crippen MR) is 85.3 cm³/mol. The van der Waals surface area contributed by atoms with Crippen molar-refractivity contribution in [2.75, 3.05) is 37.7 Å². The quantitative estimate of drug-likeness (QED) is 0.682. The average molecular weight is 305 g/mol. The van der Waals surface area contributed by atoms with Crippen molar-refractivity contribution in [3.63, 3.8) is 0 Å². The molecule has 0 saturated carbocycles. The molecule has 3 rings (SSSR count). The van der Waals surface area contributed by atoms with Crippen molar-refractivity contribution in [1.82, 2.24) is 5.32 Å². The van der Waals surface area contributed by atoms with Crippen LogP contribution in [-0.2, 0) is 4.74 Å². The Morgan fingerprint density at radius 2 is 2.09 bits per heavy atom. The van der Waals surface area contributed by atoms with Gasteiger partial charge in [0.1, 0.15) is 5.69 Å². The maximum atomic E-state index is 11.1. The van der Waals surface area contributed by atoms with Gasteiger partial charge in [0.25, 0.3) is 5.69 Å². The van der Waals surface area contributed by atoms with Crippen molar-refractivity contribution in [2.45, 2.75) is 25.4 Å². The zero-order valence-electron chi connectivity index (χ0n) is 12.7. The predicted octanol–water partition coefficient (Wildman–Crippen LogP) is 2.19. The van der Waals surface area contributed by atoms with E-state index in [9.17, 15) is 10.1 Å². The molecule has 6 heteroatoms. The van der Waals surface area contributed by atoms with Gasteiger partial charge < -0.3 is 15.0 Å². The molecule has 1 unspecified atom stereocenters. The minimum Gasteiger partial charge on any atom is -0.376 e. The zero-order valence-corrected chi connectivity index (χ0v) is 12.7. The molecule has 1 N–H and O–H groups in total. The Bertz CT molecular complexity index is 509. The maximum absolute atomic E-state index is 11.1. The highest BCUT2D eigenvalue weighted by Crippen LogP contribution is 2.32. The number of nitrogens with zero attached hydrogens (tertiary/aromatic N) is 2. The van der Waals surface area contributed by atoms with Gasteiger partial charge in [-0.05, 0) is 31.2 Å². The van der Waals surface area contributed by atoms with Crippen LogP contribution in [0.1, 0.15) is 19.3 Å². The van der Waals surface area contributed by atoms with Crippen LogP contribution in [0.5, 0.6) is 0 Å². The fourth-order valence-electron chi connectivity index (χ4n) is 3.44. The summed E-state index contributed by atoms with van der Waals surface area (Å²) < 4.78 is 5.78. The lowest BCUT2D eigenvalue weighted by atomic mass is 9.90. The second-order valence-electron chi connectivity index (χ2n) is 6.11. The van der Waals surface area contributed by atoms with Crippen LogP contribution in [0.2, 0.25) is 0 Å². The fraction of sp³-hybridized carbons (Fsp3) is 0.625. The van der Waals surface area contributed by atoms with Crippen molar-refractivity contribution >= 4 is 11.4 Å². The molecular weight excluding hydrogens is 282 g/mol. The number of nitro benzene ring substituents is 1. The molecule has 0 aliphatic carbocycles. The van der Waals surface area contributed by atoms with Crippen molar-refractivity contribution in [3.8, 4) is 0 Å². The number of para-hydroxylation sites is 2. The first-order valence-electron chi connectivity index (χ1n) is 8.04. The first-order valence-corrected chi connectivity index (χ1v) is 8.04. The van der Waals surface area contributed by atoms with Gasteiger partial charge in [-0.3, -0.25) is 10.1 Å². The topological polar surface area (TPSA) is 67.6 Å². The van der Waals surface area contributed by atoms with Crippen LogP contribution in [0, 0.1) is 16.0 Å². The van der Waals surface area contributed by atoms with E-state index in [4.69, 9.17) is 4.74 Å². The first kappa shape index (κ1) is 15.2. The van der Waals surface area contributed by atoms with Crippen LogP contribution < -0.4 is 10.2 Å². The van der Waals surface area contributed by atoms with Gasteiger partial charge in [-0.2, -0.15) is 0 Å². The van der Waals surface area contributed by atoms with Crippen LogP contribution in [0.3, 0.4) is 0 Å². The van der Waals surface area contributed by atoms with E-state index >= 15 is 0 Å². The van der Waals surface area contributed by atoms with E-state index in [1.807, 2.05) is 12.1 Å². The molecule has 0 bridgehead atoms. The standard InChI is InChI=1S/C16H23N3O3/c20-19(21)16-4-2-1-3-15(16)18-8-5-13(6-9-18)11-14-12-17-7-10-22-14/h1-4,13-14,17H,5-12H2. The molecule has 2 saturated heterocycles. The van der Waals surface area contributed by atoms with E-state index in [-0.39, 0.29) is 10.6 Å². The highest BCUT2D eigenvalue weighted by molar-refractivity contribution is 5.63. The van der Waals surface area contributed by atoms with Gasteiger partial charge in [0, 0.05) is 32.2 Å². The number of morpholine rings is 1. The van der Waals surface area contributed by atoms with E-state index in [2.05, 4.69) is 10.2 Å². The number of hydrogen-bond acceptors (Lipinski definition) is 5. The number of rotatable bonds is 4. The summed E-state index contributed by atoms with van der Waals surface area (Å²) in [6.45, 7) is 4.47. The summed E-state index contributed by atoms with van der Waals surface area (Å²) in [6.07, 6.45) is 3.58. The Morgan fingerprint density at radius 3 is 2.77 bits per heavy atom. The van der Waals surface area contributed by atoms with Crippen LogP contribution in [0.15, 0.2) is 24.3 Å². The number of nitrogens with one attached hydrogen (secondary N) is 1. The molecule has 0 spiro atoms. The summed E-state index contributed by atoms with van der Waals surface area (Å²) in [5, 5.41) is 14.5. The molecule has 6 nitrogen and oxygen atoms in total. The number of benzene rings is 1. The van der Waals surface area contributed by atoms with E-state index < -0.39 is 0 Å². The van der Waals surface area contributed by atoms with E-state index in [1.165, 1.54) is 0 Å². The fourth-order valence-corrected chi connectivity index (χ4v) is 3.44. The van der Waals surface area contributed by atoms with Gasteiger partial charge in [0.2, 0.25) is 0 Å². The maximum Gasteiger partial charge on any atom is 0.292 e. The highest BCUT2D eigenvalue weighted by atomic mass is 16.6. The molecule has 2 fully saturated rings. The summed E-state index contributed by atoms with van der Waals surface area (Å²) in [7, 11) is 0. The van der Waals surface area contributed by atoms with E-state index in [1.54, 1.807) is 12.1 Å². The largest absolute Gasteiger partial charge is 0.376 e. The molecule has 1 atom stereocenters. The lowest BCUT2D eigenvalue weighted by Crippen LogP contribution is -2.41. The molecule has 1 aromatic rings. The van der Waals surface area contributed by atoms with Crippen LogP contribution in [0.4, 0.5) is 11.4 Å². The molecular formula is C16H23N3O3. The molecule has 2 aliphatic rings. The summed E-state index contributed by atoms with van der Waals surface area (Å²) >= 11 is 0. The minimum atomic E-state index is -0.289. The summed E-state index contributed by atoms with van der Waals surface area (Å²) in [6, 6.07) is 7.04. The van der Waals surface area contributed by atoms with Crippen molar-refractivity contribution < 1.29 is 9.66 Å². The highest BCUT2D eigenvalue weighted by Gasteiger charge is 2.26. The molecule has 1 aromatic carbocycles. The molecule has 2 heterocycles. The Kier molecular flexibility index (Phi) is 4.90. The number of piperidine rings is 1. The van der Waals surface area contributed by atoms with Gasteiger partial charge in [-0.1, -0.05) is 12.1 Å². The Hall–Kier alpha value is -1.66. The third-order valence-electron chi connectivity index (χ3n) is 4.63. The van der Waals surface area contributed by atoms with Gasteiger partial charge >= 0.3 is 0 Å². The number of ether oxygens (including phenoxy) is 1. The number of hydrogen-bond donors (Lipinski definition) is 1. The smallest absolute Gasteiger partial charge is 0.292 e. The molecule has 2 aliphatic heterocycles. The molecule has 0 aromatic heterocycles. The van der Waals surface area contributed by atoms with Gasteiger partial charge in [-0.15, -0.1) is 0 Å². The SMILES string of the molecule is O=[N+]([O-])c1ccccc1N1CCC(CC2CNCCO2)CC1. The molecule has 120 valence electrons. The van der Waals surface area contributed by atoms with Crippen molar-refractivity contribution in [3.05, 3.63) is 34.4 Å². The van der Waals surface area contributed by atoms with Crippen LogP contribution in [0.25, 0.3) is 0 Å². The monoisotopic (exact) mass is 305 g/mol. The minimum absolute atomic E-state index is 0.209. The average Bonchev–Trinajstić information content (AvgIpc) is 2.56. The Balaban J connectivity index is 1.56. The second kappa shape index (κ2) is 7.07. The van der Waals surface area contributed by atoms with Crippen LogP contribution >= 0.6 is 0 Å². The van der Waals surface area contributed by atoms with Gasteiger partial charge in [0.15, 0.2) is 0 Å². The number of anilines is 1. The zero-order chi connectivity index (χ0) is 15.4. The van der Waals surface area contributed by atoms with E-state index in [0.29, 0.717) is 12.0 Å². The third kappa shape index (κ3) is 3.56. The Morgan fingerprint density at radius 1 is 1.32 bits per heavy atom. The molecule has 22 heavy (non-hydrogen) atoms. The molecule has 0 radical (unpaired) electrons.